The molecule has 0 spiro atoms. The quantitative estimate of drug-likeness (QED) is 0.702. The average molecular weight is 333 g/mol. The molecule has 2 unspecified atom stereocenters. The highest BCUT2D eigenvalue weighted by molar-refractivity contribution is 5.99. The minimum absolute atomic E-state index is 0.294. The van der Waals surface area contributed by atoms with E-state index < -0.39 is 0 Å². The van der Waals surface area contributed by atoms with Gasteiger partial charge >= 0.3 is 0 Å². The highest BCUT2D eigenvalue weighted by Gasteiger charge is 2.38. The third-order valence-corrected chi connectivity index (χ3v) is 5.55. The van der Waals surface area contributed by atoms with Crippen molar-refractivity contribution in [3.8, 4) is 0 Å². The number of rotatable bonds is 0. The number of benzene rings is 1. The summed E-state index contributed by atoms with van der Waals surface area (Å²) < 4.78 is 0. The largest absolute Gasteiger partial charge is 0.256 e. The number of hydrogen-bond acceptors (Lipinski definition) is 1. The first-order valence-electron chi connectivity index (χ1n) is 8.95. The number of hydrogen-bond donors (Lipinski definition) is 0. The Labute approximate surface area is 153 Å². The molecule has 0 radical (unpaired) electrons. The minimum atomic E-state index is 0.294. The molecule has 1 aromatic carbocycles. The van der Waals surface area contributed by atoms with Gasteiger partial charge in [-0.3, -0.25) is 4.98 Å². The lowest BCUT2D eigenvalue weighted by atomic mass is 9.65. The Hall–Kier alpha value is -3.19. The van der Waals surface area contributed by atoms with Gasteiger partial charge < -0.3 is 0 Å². The summed E-state index contributed by atoms with van der Waals surface area (Å²) in [6, 6.07) is 16.8. The molecule has 1 heteroatoms. The first-order chi connectivity index (χ1) is 12.7. The summed E-state index contributed by atoms with van der Waals surface area (Å²) in [7, 11) is 0. The Morgan fingerprint density at radius 3 is 2.69 bits per heavy atom. The second-order valence-electron chi connectivity index (χ2n) is 7.03. The fraction of sp³-hybridized carbons (Fsp3) is 0.0800. The highest BCUT2D eigenvalue weighted by Crippen LogP contribution is 2.51. The lowest BCUT2D eigenvalue weighted by molar-refractivity contribution is 0.708. The summed E-state index contributed by atoms with van der Waals surface area (Å²) in [6.07, 6.45) is 10.9. The molecule has 0 N–H and O–H groups in total. The number of fused-ring (bicyclic) bond motifs is 6. The molecule has 2 aromatic rings. The molecule has 0 saturated carbocycles. The Bertz CT molecular complexity index is 1180. The number of allylic oxidation sites excluding steroid dienone is 5. The Kier molecular flexibility index (Phi) is 3.29. The summed E-state index contributed by atoms with van der Waals surface area (Å²) in [5.41, 5.74) is 7.47. The molecule has 1 aromatic heterocycles. The van der Waals surface area contributed by atoms with Crippen molar-refractivity contribution < 1.29 is 0 Å². The van der Waals surface area contributed by atoms with E-state index in [4.69, 9.17) is 4.98 Å². The van der Waals surface area contributed by atoms with Crippen molar-refractivity contribution in [1.82, 2.24) is 4.98 Å². The van der Waals surface area contributed by atoms with E-state index in [1.807, 2.05) is 18.3 Å². The fourth-order valence-corrected chi connectivity index (χ4v) is 4.36. The molecule has 5 rings (SSSR count). The van der Waals surface area contributed by atoms with Crippen molar-refractivity contribution in [3.05, 3.63) is 106 Å². The fourth-order valence-electron chi connectivity index (χ4n) is 4.36. The summed E-state index contributed by atoms with van der Waals surface area (Å²) in [5, 5.41) is 1.96. The lowest BCUT2D eigenvalue weighted by Gasteiger charge is -2.38. The maximum atomic E-state index is 4.80. The molecule has 124 valence electrons. The van der Waals surface area contributed by atoms with Crippen molar-refractivity contribution in [2.75, 3.05) is 0 Å². The van der Waals surface area contributed by atoms with Crippen molar-refractivity contribution in [2.24, 2.45) is 5.92 Å². The van der Waals surface area contributed by atoms with Crippen molar-refractivity contribution >= 4 is 30.4 Å². The van der Waals surface area contributed by atoms with Crippen LogP contribution in [-0.2, 0) is 0 Å². The van der Waals surface area contributed by atoms with Crippen LogP contribution in [0.2, 0.25) is 0 Å². The molecule has 0 fully saturated rings. The van der Waals surface area contributed by atoms with Crippen molar-refractivity contribution in [1.29, 1.82) is 0 Å². The molecule has 3 aliphatic rings. The number of nitrogens with zero attached hydrogens (tertiary/aromatic N) is 1. The van der Waals surface area contributed by atoms with Gasteiger partial charge in [0.25, 0.3) is 0 Å². The third kappa shape index (κ3) is 2.14. The predicted molar refractivity (Wildman–Crippen MR) is 110 cm³/mol. The van der Waals surface area contributed by atoms with Gasteiger partial charge in [-0.05, 0) is 50.4 Å². The molecule has 0 amide bonds. The molecule has 3 aliphatic carbocycles. The molecule has 26 heavy (non-hydrogen) atoms. The topological polar surface area (TPSA) is 12.9 Å². The lowest BCUT2D eigenvalue weighted by Crippen LogP contribution is -2.32. The van der Waals surface area contributed by atoms with E-state index in [-0.39, 0.29) is 0 Å². The third-order valence-electron chi connectivity index (χ3n) is 5.55. The molecule has 2 atom stereocenters. The zero-order chi connectivity index (χ0) is 17.7. The monoisotopic (exact) mass is 333 g/mol. The first kappa shape index (κ1) is 15.1. The van der Waals surface area contributed by atoms with E-state index in [0.29, 0.717) is 11.8 Å². The van der Waals surface area contributed by atoms with Gasteiger partial charge in [0.15, 0.2) is 0 Å². The molecular formula is C25H19N. The van der Waals surface area contributed by atoms with Gasteiger partial charge in [-0.1, -0.05) is 73.9 Å². The summed E-state index contributed by atoms with van der Waals surface area (Å²) in [5.74, 6) is 0.595. The van der Waals surface area contributed by atoms with Gasteiger partial charge in [-0.15, -0.1) is 0 Å². The van der Waals surface area contributed by atoms with Crippen LogP contribution in [0.15, 0.2) is 73.0 Å². The van der Waals surface area contributed by atoms with Crippen LogP contribution in [0.4, 0.5) is 0 Å². The van der Waals surface area contributed by atoms with Crippen LogP contribution in [0.3, 0.4) is 0 Å². The Morgan fingerprint density at radius 2 is 1.77 bits per heavy atom. The van der Waals surface area contributed by atoms with Gasteiger partial charge in [0.2, 0.25) is 0 Å². The second kappa shape index (κ2) is 5.67. The van der Waals surface area contributed by atoms with Gasteiger partial charge in [0.1, 0.15) is 0 Å². The second-order valence-corrected chi connectivity index (χ2v) is 7.03. The summed E-state index contributed by atoms with van der Waals surface area (Å²) >= 11 is 0. The average Bonchev–Trinajstić information content (AvgIpc) is 2.66. The predicted octanol–water partition coefficient (Wildman–Crippen LogP) is 4.25. The molecular weight excluding hydrogens is 314 g/mol. The van der Waals surface area contributed by atoms with E-state index in [2.05, 4.69) is 73.9 Å². The zero-order valence-electron chi connectivity index (χ0n) is 14.5. The maximum Gasteiger partial charge on any atom is 0.0737 e. The smallest absolute Gasteiger partial charge is 0.0737 e. The van der Waals surface area contributed by atoms with Crippen LogP contribution in [0, 0.1) is 5.92 Å². The van der Waals surface area contributed by atoms with Gasteiger partial charge in [0, 0.05) is 18.0 Å². The van der Waals surface area contributed by atoms with Gasteiger partial charge in [-0.2, -0.15) is 0 Å². The van der Waals surface area contributed by atoms with E-state index in [0.717, 1.165) is 16.1 Å². The molecule has 0 saturated heterocycles. The Balaban J connectivity index is 1.92. The molecule has 2 bridgehead atoms. The van der Waals surface area contributed by atoms with E-state index >= 15 is 0 Å². The highest BCUT2D eigenvalue weighted by atomic mass is 14.7. The summed E-state index contributed by atoms with van der Waals surface area (Å²) in [6.45, 7) is 8.44. The standard InChI is InChI=1S/C25H19N/c1-16-7-5-10-19-17(2)25(26-14-13-16)23-15-18-8-3-4-9-20(18)22-12-6-11-21(19)24(22)23/h3-15,21,24H,1-2H2. The normalized spacial score (nSPS) is 20.9. The SMILES string of the molecule is C=c1cccc2c(=C)c(ncc1)C1=Cc3ccccc3C3=CC=CC2C31. The molecule has 1 heterocycles. The van der Waals surface area contributed by atoms with E-state index in [1.165, 1.54) is 27.8 Å². The van der Waals surface area contributed by atoms with Crippen LogP contribution in [-0.4, -0.2) is 4.98 Å². The van der Waals surface area contributed by atoms with Crippen molar-refractivity contribution in [3.63, 3.8) is 0 Å². The molecule has 1 nitrogen and oxygen atoms in total. The summed E-state index contributed by atoms with van der Waals surface area (Å²) in [4.78, 5) is 4.80. The van der Waals surface area contributed by atoms with E-state index in [9.17, 15) is 0 Å². The van der Waals surface area contributed by atoms with Crippen LogP contribution in [0.1, 0.15) is 28.3 Å². The van der Waals surface area contributed by atoms with Crippen LogP contribution < -0.4 is 10.4 Å². The van der Waals surface area contributed by atoms with E-state index in [1.54, 1.807) is 0 Å². The molecule has 0 aliphatic heterocycles. The van der Waals surface area contributed by atoms with Crippen molar-refractivity contribution in [2.45, 2.75) is 5.92 Å². The Morgan fingerprint density at radius 1 is 0.885 bits per heavy atom. The zero-order valence-corrected chi connectivity index (χ0v) is 14.5. The maximum absolute atomic E-state index is 4.80. The number of aromatic nitrogens is 1. The van der Waals surface area contributed by atoms with Crippen LogP contribution in [0.25, 0.3) is 30.4 Å². The van der Waals surface area contributed by atoms with Crippen LogP contribution in [0.5, 0.6) is 0 Å². The van der Waals surface area contributed by atoms with Crippen LogP contribution >= 0.6 is 0 Å². The minimum Gasteiger partial charge on any atom is -0.256 e. The first-order valence-corrected chi connectivity index (χ1v) is 8.95. The van der Waals surface area contributed by atoms with Gasteiger partial charge in [0.05, 0.1) is 5.69 Å². The van der Waals surface area contributed by atoms with Gasteiger partial charge in [-0.25, -0.2) is 0 Å².